The Morgan fingerprint density at radius 1 is 1.36 bits per heavy atom. The molecule has 1 fully saturated rings. The van der Waals surface area contributed by atoms with Crippen LogP contribution in [0.1, 0.15) is 10.4 Å². The lowest BCUT2D eigenvalue weighted by Crippen LogP contribution is -2.41. The standard InChI is InChI=1S/C16H22FN3O4S/c1-2-5-19-25(22,23)15-12-13(3-4-14(15)17)16(21)18-6-7-20-8-10-24-11-9-20/h2-4,12,19H,1,5-11H2,(H,18,21). The Morgan fingerprint density at radius 2 is 2.08 bits per heavy atom. The topological polar surface area (TPSA) is 87.7 Å². The van der Waals surface area contributed by atoms with Gasteiger partial charge in [-0.15, -0.1) is 6.58 Å². The highest BCUT2D eigenvalue weighted by Gasteiger charge is 2.20. The van der Waals surface area contributed by atoms with Gasteiger partial charge in [0, 0.05) is 38.3 Å². The van der Waals surface area contributed by atoms with Crippen molar-refractivity contribution in [1.29, 1.82) is 0 Å². The van der Waals surface area contributed by atoms with Crippen LogP contribution in [0.25, 0.3) is 0 Å². The molecule has 0 radical (unpaired) electrons. The van der Waals surface area contributed by atoms with Crippen molar-refractivity contribution in [3.63, 3.8) is 0 Å². The van der Waals surface area contributed by atoms with Crippen LogP contribution in [-0.2, 0) is 14.8 Å². The fraction of sp³-hybridized carbons (Fsp3) is 0.438. The van der Waals surface area contributed by atoms with E-state index in [1.54, 1.807) is 0 Å². The Hall–Kier alpha value is -1.81. The van der Waals surface area contributed by atoms with Gasteiger partial charge in [-0.25, -0.2) is 17.5 Å². The second-order valence-electron chi connectivity index (χ2n) is 5.50. The minimum atomic E-state index is -4.05. The fourth-order valence-electron chi connectivity index (χ4n) is 2.35. The molecule has 0 unspecified atom stereocenters. The molecular weight excluding hydrogens is 349 g/mol. The summed E-state index contributed by atoms with van der Waals surface area (Å²) in [5.41, 5.74) is 0.0855. The SMILES string of the molecule is C=CCNS(=O)(=O)c1cc(C(=O)NCCN2CCOCC2)ccc1F. The molecule has 7 nitrogen and oxygen atoms in total. The van der Waals surface area contributed by atoms with Gasteiger partial charge >= 0.3 is 0 Å². The average molecular weight is 371 g/mol. The van der Waals surface area contributed by atoms with Crippen LogP contribution in [0, 0.1) is 5.82 Å². The Bertz CT molecular complexity index is 718. The van der Waals surface area contributed by atoms with E-state index in [0.29, 0.717) is 26.3 Å². The van der Waals surface area contributed by atoms with Crippen molar-refractivity contribution >= 4 is 15.9 Å². The van der Waals surface area contributed by atoms with Gasteiger partial charge in [0.1, 0.15) is 10.7 Å². The van der Waals surface area contributed by atoms with Crippen LogP contribution in [0.5, 0.6) is 0 Å². The third-order valence-electron chi connectivity index (χ3n) is 3.72. The van der Waals surface area contributed by atoms with E-state index in [1.807, 2.05) is 0 Å². The molecule has 2 rings (SSSR count). The van der Waals surface area contributed by atoms with Crippen LogP contribution in [0.2, 0.25) is 0 Å². The smallest absolute Gasteiger partial charge is 0.251 e. The van der Waals surface area contributed by atoms with E-state index in [2.05, 4.69) is 21.5 Å². The fourth-order valence-corrected chi connectivity index (χ4v) is 3.45. The van der Waals surface area contributed by atoms with E-state index in [4.69, 9.17) is 4.74 Å². The third-order valence-corrected chi connectivity index (χ3v) is 5.16. The number of hydrogen-bond acceptors (Lipinski definition) is 5. The quantitative estimate of drug-likeness (QED) is 0.644. The lowest BCUT2D eigenvalue weighted by atomic mass is 10.2. The zero-order valence-corrected chi connectivity index (χ0v) is 14.6. The van der Waals surface area contributed by atoms with E-state index in [9.17, 15) is 17.6 Å². The second kappa shape index (κ2) is 9.04. The van der Waals surface area contributed by atoms with Gasteiger partial charge in [0.05, 0.1) is 13.2 Å². The zero-order chi connectivity index (χ0) is 18.3. The van der Waals surface area contributed by atoms with Crippen molar-refractivity contribution in [2.75, 3.05) is 45.9 Å². The van der Waals surface area contributed by atoms with Crippen molar-refractivity contribution in [3.05, 3.63) is 42.2 Å². The molecule has 0 saturated carbocycles. The van der Waals surface area contributed by atoms with Gasteiger partial charge in [-0.1, -0.05) is 6.08 Å². The molecule has 0 aromatic heterocycles. The summed E-state index contributed by atoms with van der Waals surface area (Å²) in [5, 5.41) is 2.71. The number of benzene rings is 1. The maximum atomic E-state index is 13.9. The summed E-state index contributed by atoms with van der Waals surface area (Å²) < 4.78 is 45.4. The highest BCUT2D eigenvalue weighted by atomic mass is 32.2. The molecule has 1 aliphatic heterocycles. The lowest BCUT2D eigenvalue weighted by molar-refractivity contribution is 0.0383. The molecule has 138 valence electrons. The number of ether oxygens (including phenoxy) is 1. The number of rotatable bonds is 8. The number of amides is 1. The second-order valence-corrected chi connectivity index (χ2v) is 7.23. The number of sulfonamides is 1. The van der Waals surface area contributed by atoms with Gasteiger partial charge in [0.25, 0.3) is 5.91 Å². The van der Waals surface area contributed by atoms with Crippen molar-refractivity contribution in [2.45, 2.75) is 4.90 Å². The number of halogens is 1. The molecular formula is C16H22FN3O4S. The molecule has 9 heteroatoms. The number of nitrogens with zero attached hydrogens (tertiary/aromatic N) is 1. The summed E-state index contributed by atoms with van der Waals surface area (Å²) in [6.45, 7) is 7.41. The molecule has 1 saturated heterocycles. The van der Waals surface area contributed by atoms with Gasteiger partial charge in [0.15, 0.2) is 0 Å². The predicted molar refractivity (Wildman–Crippen MR) is 91.4 cm³/mol. The first-order valence-corrected chi connectivity index (χ1v) is 9.41. The molecule has 1 aliphatic rings. The molecule has 1 aromatic carbocycles. The molecule has 1 aromatic rings. The summed E-state index contributed by atoms with van der Waals surface area (Å²) >= 11 is 0. The van der Waals surface area contributed by atoms with Crippen molar-refractivity contribution in [1.82, 2.24) is 14.9 Å². The monoisotopic (exact) mass is 371 g/mol. The van der Waals surface area contributed by atoms with Crippen LogP contribution >= 0.6 is 0 Å². The van der Waals surface area contributed by atoms with Gasteiger partial charge in [-0.05, 0) is 18.2 Å². The van der Waals surface area contributed by atoms with Gasteiger partial charge in [0.2, 0.25) is 10.0 Å². The van der Waals surface area contributed by atoms with E-state index < -0.39 is 26.6 Å². The molecule has 0 bridgehead atoms. The molecule has 0 spiro atoms. The molecule has 1 heterocycles. The average Bonchev–Trinajstić information content (AvgIpc) is 2.61. The van der Waals surface area contributed by atoms with E-state index in [0.717, 1.165) is 25.2 Å². The first kappa shape index (κ1) is 19.5. The lowest BCUT2D eigenvalue weighted by Gasteiger charge is -2.26. The first-order valence-electron chi connectivity index (χ1n) is 7.92. The summed E-state index contributed by atoms with van der Waals surface area (Å²) in [6.07, 6.45) is 1.34. The number of morpholine rings is 1. The molecule has 1 amide bonds. The minimum Gasteiger partial charge on any atom is -0.379 e. The van der Waals surface area contributed by atoms with Gasteiger partial charge in [-0.3, -0.25) is 9.69 Å². The maximum absolute atomic E-state index is 13.9. The van der Waals surface area contributed by atoms with Gasteiger partial charge in [-0.2, -0.15) is 0 Å². The maximum Gasteiger partial charge on any atom is 0.251 e. The van der Waals surface area contributed by atoms with Crippen molar-refractivity contribution in [3.8, 4) is 0 Å². The predicted octanol–water partition coefficient (Wildman–Crippen LogP) is 0.352. The first-order chi connectivity index (χ1) is 11.9. The molecule has 25 heavy (non-hydrogen) atoms. The van der Waals surface area contributed by atoms with E-state index in [-0.39, 0.29) is 12.1 Å². The number of hydrogen-bond donors (Lipinski definition) is 2. The molecule has 2 N–H and O–H groups in total. The minimum absolute atomic E-state index is 0.0300. The van der Waals surface area contributed by atoms with Crippen LogP contribution in [-0.4, -0.2) is 65.2 Å². The number of carbonyl (C=O) groups is 1. The Kier molecular flexibility index (Phi) is 7.06. The zero-order valence-electron chi connectivity index (χ0n) is 13.8. The highest BCUT2D eigenvalue weighted by molar-refractivity contribution is 7.89. The Balaban J connectivity index is 2.00. The van der Waals surface area contributed by atoms with Crippen LogP contribution in [0.3, 0.4) is 0 Å². The van der Waals surface area contributed by atoms with Crippen LogP contribution < -0.4 is 10.0 Å². The van der Waals surface area contributed by atoms with E-state index >= 15 is 0 Å². The highest BCUT2D eigenvalue weighted by Crippen LogP contribution is 2.16. The van der Waals surface area contributed by atoms with Crippen LogP contribution in [0.15, 0.2) is 35.7 Å². The summed E-state index contributed by atoms with van der Waals surface area (Å²) in [7, 11) is -4.05. The number of carbonyl (C=O) groups excluding carboxylic acids is 1. The Labute approximate surface area is 146 Å². The van der Waals surface area contributed by atoms with Crippen LogP contribution in [0.4, 0.5) is 4.39 Å². The molecule has 0 atom stereocenters. The summed E-state index contributed by atoms with van der Waals surface area (Å²) in [6, 6.07) is 3.26. The van der Waals surface area contributed by atoms with Crippen molar-refractivity contribution in [2.24, 2.45) is 0 Å². The van der Waals surface area contributed by atoms with E-state index in [1.165, 1.54) is 12.1 Å². The summed E-state index contributed by atoms with van der Waals surface area (Å²) in [5.74, 6) is -1.37. The molecule has 0 aliphatic carbocycles. The normalized spacial score (nSPS) is 15.7. The van der Waals surface area contributed by atoms with Gasteiger partial charge < -0.3 is 10.1 Å². The Morgan fingerprint density at radius 3 is 2.76 bits per heavy atom. The van der Waals surface area contributed by atoms with Crippen molar-refractivity contribution < 1.29 is 22.3 Å². The largest absolute Gasteiger partial charge is 0.379 e. The number of nitrogens with one attached hydrogen (secondary N) is 2. The summed E-state index contributed by atoms with van der Waals surface area (Å²) in [4.78, 5) is 13.8. The third kappa shape index (κ3) is 5.60.